The third-order valence-electron chi connectivity index (χ3n) is 2.96. The molecule has 23 heavy (non-hydrogen) atoms. The molecular weight excluding hydrogens is 298 g/mol. The van der Waals surface area contributed by atoms with E-state index in [1.54, 1.807) is 46.1 Å². The van der Waals surface area contributed by atoms with Gasteiger partial charge in [0.1, 0.15) is 17.1 Å². The fourth-order valence-corrected chi connectivity index (χ4v) is 1.92. The van der Waals surface area contributed by atoms with Crippen LogP contribution >= 0.6 is 0 Å². The third-order valence-corrected chi connectivity index (χ3v) is 2.96. The second-order valence-electron chi connectivity index (χ2n) is 6.02. The van der Waals surface area contributed by atoms with Crippen LogP contribution in [0, 0.1) is 0 Å². The van der Waals surface area contributed by atoms with Gasteiger partial charge in [0.15, 0.2) is 5.78 Å². The molecule has 0 atom stereocenters. The summed E-state index contributed by atoms with van der Waals surface area (Å²) in [6.07, 6.45) is 0.345. The molecule has 6 heteroatoms. The zero-order valence-corrected chi connectivity index (χ0v) is 14.4. The predicted molar refractivity (Wildman–Crippen MR) is 87.3 cm³/mol. The van der Waals surface area contributed by atoms with E-state index in [0.717, 1.165) is 0 Å². The number of ether oxygens (including phenoxy) is 3. The molecule has 0 radical (unpaired) electrons. The molecule has 0 spiro atoms. The average molecular weight is 323 g/mol. The lowest BCUT2D eigenvalue weighted by Gasteiger charge is -2.19. The first-order valence-corrected chi connectivity index (χ1v) is 7.49. The molecule has 0 aliphatic heterocycles. The molecule has 6 nitrogen and oxygen atoms in total. The lowest BCUT2D eigenvalue weighted by molar-refractivity contribution is 0.0525. The molecule has 1 amide bonds. The van der Waals surface area contributed by atoms with Crippen LogP contribution in [0.1, 0.15) is 44.0 Å². The number of amides is 1. The first-order valence-electron chi connectivity index (χ1n) is 7.49. The molecule has 0 fully saturated rings. The number of ketones is 1. The predicted octanol–water partition coefficient (Wildman–Crippen LogP) is 3.19. The Morgan fingerprint density at radius 2 is 1.83 bits per heavy atom. The standard InChI is InChI=1S/C17H25NO5/c1-17(2,3)23-16(20)18-10-6-7-14(19)13-9-8-12(21-4)11-15(13)22-5/h8-9,11H,6-7,10H2,1-5H3,(H,18,20). The maximum Gasteiger partial charge on any atom is 0.407 e. The van der Waals surface area contributed by atoms with E-state index in [2.05, 4.69) is 5.32 Å². The number of hydrogen-bond acceptors (Lipinski definition) is 5. The topological polar surface area (TPSA) is 73.9 Å². The Bertz CT molecular complexity index is 548. The van der Waals surface area contributed by atoms with Gasteiger partial charge >= 0.3 is 6.09 Å². The fourth-order valence-electron chi connectivity index (χ4n) is 1.92. The number of Topliss-reactive ketones (excluding diaryl/α,β-unsaturated/α-hetero) is 1. The molecule has 0 aliphatic rings. The number of hydrogen-bond donors (Lipinski definition) is 1. The Labute approximate surface area is 137 Å². The number of carbonyl (C=O) groups is 2. The smallest absolute Gasteiger partial charge is 0.407 e. The summed E-state index contributed by atoms with van der Waals surface area (Å²) in [5.41, 5.74) is -0.0262. The van der Waals surface area contributed by atoms with Crippen LogP contribution in [0.2, 0.25) is 0 Å². The Kier molecular flexibility index (Phi) is 6.88. The Hall–Kier alpha value is -2.24. The van der Waals surface area contributed by atoms with Crippen molar-refractivity contribution in [2.45, 2.75) is 39.2 Å². The van der Waals surface area contributed by atoms with Crippen molar-refractivity contribution in [3.05, 3.63) is 23.8 Å². The second kappa shape index (κ2) is 8.41. The van der Waals surface area contributed by atoms with Gasteiger partial charge in [0, 0.05) is 19.0 Å². The van der Waals surface area contributed by atoms with Gasteiger partial charge in [-0.2, -0.15) is 0 Å². The van der Waals surface area contributed by atoms with Crippen LogP contribution in [0.5, 0.6) is 11.5 Å². The lowest BCUT2D eigenvalue weighted by atomic mass is 10.1. The van der Waals surface area contributed by atoms with Crippen LogP contribution < -0.4 is 14.8 Å². The van der Waals surface area contributed by atoms with Crippen molar-refractivity contribution in [1.82, 2.24) is 5.32 Å². The highest BCUT2D eigenvalue weighted by Gasteiger charge is 2.16. The van der Waals surface area contributed by atoms with E-state index in [1.807, 2.05) is 0 Å². The number of carbonyl (C=O) groups excluding carboxylic acids is 2. The van der Waals surface area contributed by atoms with E-state index >= 15 is 0 Å². The number of nitrogens with one attached hydrogen (secondary N) is 1. The van der Waals surface area contributed by atoms with E-state index < -0.39 is 11.7 Å². The number of benzene rings is 1. The molecule has 0 saturated carbocycles. The zero-order chi connectivity index (χ0) is 17.5. The van der Waals surface area contributed by atoms with E-state index in [0.29, 0.717) is 36.4 Å². The van der Waals surface area contributed by atoms with Crippen molar-refractivity contribution >= 4 is 11.9 Å². The Balaban J connectivity index is 2.47. The molecule has 0 aliphatic carbocycles. The molecule has 0 aromatic heterocycles. The minimum Gasteiger partial charge on any atom is -0.497 e. The largest absolute Gasteiger partial charge is 0.497 e. The summed E-state index contributed by atoms with van der Waals surface area (Å²) < 4.78 is 15.4. The van der Waals surface area contributed by atoms with Crippen molar-refractivity contribution in [3.8, 4) is 11.5 Å². The highest BCUT2D eigenvalue weighted by molar-refractivity contribution is 5.98. The van der Waals surface area contributed by atoms with Crippen LogP contribution in [-0.4, -0.2) is 38.2 Å². The summed E-state index contributed by atoms with van der Waals surface area (Å²) in [5.74, 6) is 1.06. The fraction of sp³-hybridized carbons (Fsp3) is 0.529. The molecule has 0 unspecified atom stereocenters. The summed E-state index contributed by atoms with van der Waals surface area (Å²) in [7, 11) is 3.06. The summed E-state index contributed by atoms with van der Waals surface area (Å²) in [5, 5.41) is 2.63. The van der Waals surface area contributed by atoms with Crippen LogP contribution in [0.4, 0.5) is 4.79 Å². The molecule has 0 heterocycles. The minimum atomic E-state index is -0.531. The highest BCUT2D eigenvalue weighted by atomic mass is 16.6. The van der Waals surface area contributed by atoms with Gasteiger partial charge in [-0.05, 0) is 39.3 Å². The van der Waals surface area contributed by atoms with E-state index in [9.17, 15) is 9.59 Å². The van der Waals surface area contributed by atoms with Gasteiger partial charge in [0.25, 0.3) is 0 Å². The van der Waals surface area contributed by atoms with E-state index in [-0.39, 0.29) is 5.78 Å². The third kappa shape index (κ3) is 6.59. The molecule has 0 bridgehead atoms. The van der Waals surface area contributed by atoms with Gasteiger partial charge in [-0.3, -0.25) is 4.79 Å². The van der Waals surface area contributed by atoms with Crippen molar-refractivity contribution in [2.24, 2.45) is 0 Å². The highest BCUT2D eigenvalue weighted by Crippen LogP contribution is 2.25. The van der Waals surface area contributed by atoms with Gasteiger partial charge in [-0.15, -0.1) is 0 Å². The van der Waals surface area contributed by atoms with E-state index in [4.69, 9.17) is 14.2 Å². The maximum atomic E-state index is 12.2. The van der Waals surface area contributed by atoms with Crippen LogP contribution in [0.25, 0.3) is 0 Å². The van der Waals surface area contributed by atoms with Gasteiger partial charge in [-0.1, -0.05) is 0 Å². The monoisotopic (exact) mass is 323 g/mol. The van der Waals surface area contributed by atoms with Crippen LogP contribution in [0.3, 0.4) is 0 Å². The normalized spacial score (nSPS) is 10.8. The molecule has 1 aromatic carbocycles. The van der Waals surface area contributed by atoms with Gasteiger partial charge in [0.05, 0.1) is 19.8 Å². The maximum absolute atomic E-state index is 12.2. The summed E-state index contributed by atoms with van der Waals surface area (Å²) >= 11 is 0. The molecule has 128 valence electrons. The van der Waals surface area contributed by atoms with Gasteiger partial charge in [0.2, 0.25) is 0 Å². The minimum absolute atomic E-state index is 0.0458. The SMILES string of the molecule is COc1ccc(C(=O)CCCNC(=O)OC(C)(C)C)c(OC)c1. The van der Waals surface area contributed by atoms with E-state index in [1.165, 1.54) is 7.11 Å². The quantitative estimate of drug-likeness (QED) is 0.616. The van der Waals surface area contributed by atoms with Gasteiger partial charge in [-0.25, -0.2) is 4.79 Å². The van der Waals surface area contributed by atoms with Gasteiger partial charge < -0.3 is 19.5 Å². The summed E-state index contributed by atoms with van der Waals surface area (Å²) in [6.45, 7) is 5.77. The molecule has 1 aromatic rings. The molecule has 0 saturated heterocycles. The lowest BCUT2D eigenvalue weighted by Crippen LogP contribution is -2.33. The average Bonchev–Trinajstić information content (AvgIpc) is 2.48. The van der Waals surface area contributed by atoms with Crippen molar-refractivity contribution in [2.75, 3.05) is 20.8 Å². The summed E-state index contributed by atoms with van der Waals surface area (Å²) in [6, 6.07) is 5.07. The van der Waals surface area contributed by atoms with Crippen molar-refractivity contribution in [3.63, 3.8) is 0 Å². The molecular formula is C17H25NO5. The Morgan fingerprint density at radius 3 is 2.39 bits per heavy atom. The van der Waals surface area contributed by atoms with Crippen LogP contribution in [0.15, 0.2) is 18.2 Å². The van der Waals surface area contributed by atoms with Crippen molar-refractivity contribution < 1.29 is 23.8 Å². The molecule has 1 rings (SSSR count). The first-order chi connectivity index (χ1) is 10.8. The van der Waals surface area contributed by atoms with Crippen LogP contribution in [-0.2, 0) is 4.74 Å². The first kappa shape index (κ1) is 18.8. The summed E-state index contributed by atoms with van der Waals surface area (Å²) in [4.78, 5) is 23.7. The number of methoxy groups -OCH3 is 2. The van der Waals surface area contributed by atoms with Crippen molar-refractivity contribution in [1.29, 1.82) is 0 Å². The zero-order valence-electron chi connectivity index (χ0n) is 14.4. The second-order valence-corrected chi connectivity index (χ2v) is 6.02. The molecule has 1 N–H and O–H groups in total. The number of rotatable bonds is 7. The Morgan fingerprint density at radius 1 is 1.13 bits per heavy atom. The number of alkyl carbamates (subject to hydrolysis) is 1.